The first-order chi connectivity index (χ1) is 26.3. The normalized spacial score (nSPS) is 18.1. The number of anilines is 2. The molecule has 4 aromatic carbocycles. The van der Waals surface area contributed by atoms with Gasteiger partial charge in [-0.05, 0) is 103 Å². The SMILES string of the molecule is CC/C(=C(\c1ccc(O)cc1)c1ccc(N2CCN(CCCCCNc3ccc4c(c3)C(=O)N(C3CCC(=O)NC3=O)C4=O)CC2)cc1)c1ccccc1. The molecule has 0 aromatic heterocycles. The standard InChI is InChI=1S/C44H47N5O5/c1-2-36(30-9-5-3-6-10-30)41(32-13-18-35(50)19-14-32)31-11-16-34(17-12-31)48-27-25-47(26-28-48)24-8-4-7-23-45-33-15-20-37-38(29-33)44(54)49(43(37)53)39-21-22-40(51)46-42(39)52/h3,5-6,9-20,29,39,45,50H,2,4,7-8,21-28H2,1H3,(H,46,51,52)/b41-36+. The Labute approximate surface area is 316 Å². The number of fused-ring (bicyclic) bond motifs is 1. The second-order valence-electron chi connectivity index (χ2n) is 14.2. The molecule has 4 aromatic rings. The number of phenolic OH excluding ortho intramolecular Hbond substituents is 1. The van der Waals surface area contributed by atoms with Gasteiger partial charge in [0.05, 0.1) is 11.1 Å². The number of nitrogens with one attached hydrogen (secondary N) is 2. The highest BCUT2D eigenvalue weighted by molar-refractivity contribution is 6.23. The molecule has 2 fully saturated rings. The van der Waals surface area contributed by atoms with Crippen LogP contribution in [0.2, 0.25) is 0 Å². The first kappa shape index (κ1) is 36.6. The van der Waals surface area contributed by atoms with Crippen molar-refractivity contribution in [3.63, 3.8) is 0 Å². The van der Waals surface area contributed by atoms with Crippen LogP contribution >= 0.6 is 0 Å². The third kappa shape index (κ3) is 7.94. The van der Waals surface area contributed by atoms with Crippen molar-refractivity contribution in [1.29, 1.82) is 0 Å². The Balaban J connectivity index is 0.869. The maximum atomic E-state index is 13.1. The molecule has 10 nitrogen and oxygen atoms in total. The second kappa shape index (κ2) is 16.5. The molecule has 7 rings (SSSR count). The summed E-state index contributed by atoms with van der Waals surface area (Å²) in [6.07, 6.45) is 4.27. The van der Waals surface area contributed by atoms with Crippen molar-refractivity contribution in [1.82, 2.24) is 15.1 Å². The van der Waals surface area contributed by atoms with Gasteiger partial charge in [-0.1, -0.05) is 67.9 Å². The number of phenols is 1. The smallest absolute Gasteiger partial charge is 0.262 e. The summed E-state index contributed by atoms with van der Waals surface area (Å²) in [5, 5.41) is 15.6. The van der Waals surface area contributed by atoms with Gasteiger partial charge in [-0.2, -0.15) is 0 Å². The summed E-state index contributed by atoms with van der Waals surface area (Å²) in [6, 6.07) is 31.1. The van der Waals surface area contributed by atoms with E-state index in [-0.39, 0.29) is 35.6 Å². The van der Waals surface area contributed by atoms with Crippen LogP contribution in [-0.2, 0) is 9.59 Å². The van der Waals surface area contributed by atoms with Crippen LogP contribution in [0.3, 0.4) is 0 Å². The Morgan fingerprint density at radius 1 is 0.759 bits per heavy atom. The molecule has 0 bridgehead atoms. The molecule has 3 heterocycles. The van der Waals surface area contributed by atoms with Crippen molar-refractivity contribution in [3.05, 3.63) is 125 Å². The molecule has 3 aliphatic heterocycles. The van der Waals surface area contributed by atoms with Gasteiger partial charge in [-0.15, -0.1) is 0 Å². The number of unbranched alkanes of at least 4 members (excludes halogenated alkanes) is 2. The molecular formula is C44H47N5O5. The molecule has 0 radical (unpaired) electrons. The average Bonchev–Trinajstić information content (AvgIpc) is 3.44. The summed E-state index contributed by atoms with van der Waals surface area (Å²) < 4.78 is 0. The lowest BCUT2D eigenvalue weighted by Gasteiger charge is -2.36. The lowest BCUT2D eigenvalue weighted by Crippen LogP contribution is -2.54. The van der Waals surface area contributed by atoms with Crippen molar-refractivity contribution in [2.45, 2.75) is 51.5 Å². The number of piperazine rings is 1. The molecule has 0 spiro atoms. The number of rotatable bonds is 13. The van der Waals surface area contributed by atoms with E-state index in [0.29, 0.717) is 0 Å². The van der Waals surface area contributed by atoms with Crippen molar-refractivity contribution in [3.8, 4) is 5.75 Å². The largest absolute Gasteiger partial charge is 0.508 e. The number of nitrogens with zero attached hydrogens (tertiary/aromatic N) is 3. The Hall–Kier alpha value is -5.74. The third-order valence-electron chi connectivity index (χ3n) is 10.7. The number of aromatic hydroxyl groups is 1. The zero-order valence-electron chi connectivity index (χ0n) is 30.7. The number of amides is 4. The van der Waals surface area contributed by atoms with Crippen LogP contribution in [0.25, 0.3) is 11.1 Å². The van der Waals surface area contributed by atoms with Crippen molar-refractivity contribution >= 4 is 46.1 Å². The topological polar surface area (TPSA) is 122 Å². The van der Waals surface area contributed by atoms with E-state index in [1.165, 1.54) is 22.4 Å². The maximum Gasteiger partial charge on any atom is 0.262 e. The highest BCUT2D eigenvalue weighted by atomic mass is 16.3. The first-order valence-corrected chi connectivity index (χ1v) is 19.1. The molecule has 3 aliphatic rings. The molecule has 4 amide bonds. The molecule has 1 unspecified atom stereocenters. The number of piperidine rings is 1. The summed E-state index contributed by atoms with van der Waals surface area (Å²) in [4.78, 5) is 56.0. The molecule has 54 heavy (non-hydrogen) atoms. The summed E-state index contributed by atoms with van der Waals surface area (Å²) in [7, 11) is 0. The van der Waals surface area contributed by atoms with Gasteiger partial charge in [-0.25, -0.2) is 0 Å². The number of carbonyl (C=O) groups is 4. The second-order valence-corrected chi connectivity index (χ2v) is 14.2. The summed E-state index contributed by atoms with van der Waals surface area (Å²) >= 11 is 0. The van der Waals surface area contributed by atoms with Crippen LogP contribution < -0.4 is 15.5 Å². The number of allylic oxidation sites excluding steroid dienone is 1. The number of hydrogen-bond acceptors (Lipinski definition) is 8. The fourth-order valence-corrected chi connectivity index (χ4v) is 7.83. The lowest BCUT2D eigenvalue weighted by molar-refractivity contribution is -0.136. The van der Waals surface area contributed by atoms with Gasteiger partial charge in [0.25, 0.3) is 11.8 Å². The lowest BCUT2D eigenvalue weighted by atomic mass is 9.88. The third-order valence-corrected chi connectivity index (χ3v) is 10.7. The van der Waals surface area contributed by atoms with Gasteiger partial charge >= 0.3 is 0 Å². The summed E-state index contributed by atoms with van der Waals surface area (Å²) in [6.45, 7) is 7.99. The quantitative estimate of drug-likeness (QED) is 0.0805. The molecule has 0 saturated carbocycles. The molecule has 1 atom stereocenters. The minimum atomic E-state index is -0.963. The van der Waals surface area contributed by atoms with E-state index in [2.05, 4.69) is 75.9 Å². The van der Waals surface area contributed by atoms with Crippen molar-refractivity contribution < 1.29 is 24.3 Å². The minimum Gasteiger partial charge on any atom is -0.508 e. The average molecular weight is 726 g/mol. The van der Waals surface area contributed by atoms with E-state index in [9.17, 15) is 24.3 Å². The number of hydrogen-bond donors (Lipinski definition) is 3. The Morgan fingerprint density at radius 3 is 2.13 bits per heavy atom. The molecule has 278 valence electrons. The molecule has 10 heteroatoms. The van der Waals surface area contributed by atoms with Crippen LogP contribution in [0.4, 0.5) is 11.4 Å². The predicted molar refractivity (Wildman–Crippen MR) is 211 cm³/mol. The summed E-state index contributed by atoms with van der Waals surface area (Å²) in [5.74, 6) is -1.72. The predicted octanol–water partition coefficient (Wildman–Crippen LogP) is 6.57. The number of imide groups is 2. The van der Waals surface area contributed by atoms with Crippen molar-refractivity contribution in [2.24, 2.45) is 0 Å². The van der Waals surface area contributed by atoms with Crippen LogP contribution in [-0.4, -0.2) is 83.8 Å². The number of benzene rings is 4. The number of carbonyl (C=O) groups excluding carboxylic acids is 4. The Bertz CT molecular complexity index is 2040. The van der Waals surface area contributed by atoms with Crippen LogP contribution in [0.1, 0.15) is 82.9 Å². The zero-order chi connectivity index (χ0) is 37.6. The van der Waals surface area contributed by atoms with E-state index in [1.807, 2.05) is 18.2 Å². The minimum absolute atomic E-state index is 0.0979. The maximum absolute atomic E-state index is 13.1. The zero-order valence-corrected chi connectivity index (χ0v) is 30.7. The van der Waals surface area contributed by atoms with Gasteiger partial charge < -0.3 is 15.3 Å². The van der Waals surface area contributed by atoms with E-state index in [4.69, 9.17) is 0 Å². The highest BCUT2D eigenvalue weighted by Crippen LogP contribution is 2.36. The van der Waals surface area contributed by atoms with Crippen LogP contribution in [0.5, 0.6) is 5.75 Å². The molecule has 0 aliphatic carbocycles. The summed E-state index contributed by atoms with van der Waals surface area (Å²) in [5.41, 5.74) is 8.48. The fraction of sp³-hybridized carbons (Fsp3) is 0.318. The van der Waals surface area contributed by atoms with Gasteiger partial charge in [0, 0.05) is 50.5 Å². The van der Waals surface area contributed by atoms with Crippen LogP contribution in [0, 0.1) is 0 Å². The molecule has 3 N–H and O–H groups in total. The van der Waals surface area contributed by atoms with E-state index in [1.54, 1.807) is 30.3 Å². The van der Waals surface area contributed by atoms with Gasteiger partial charge in [0.1, 0.15) is 11.8 Å². The first-order valence-electron chi connectivity index (χ1n) is 19.1. The molecular weight excluding hydrogens is 679 g/mol. The van der Waals surface area contributed by atoms with Gasteiger partial charge in [0.2, 0.25) is 11.8 Å². The van der Waals surface area contributed by atoms with Crippen molar-refractivity contribution in [2.75, 3.05) is 49.5 Å². The fourth-order valence-electron chi connectivity index (χ4n) is 7.83. The van der Waals surface area contributed by atoms with Gasteiger partial charge in [0.15, 0.2) is 0 Å². The van der Waals surface area contributed by atoms with E-state index < -0.39 is 23.8 Å². The Morgan fingerprint density at radius 2 is 1.44 bits per heavy atom. The molecule has 2 saturated heterocycles. The van der Waals surface area contributed by atoms with Crippen LogP contribution in [0.15, 0.2) is 97.1 Å². The van der Waals surface area contributed by atoms with E-state index >= 15 is 0 Å². The Kier molecular flexibility index (Phi) is 11.2. The highest BCUT2D eigenvalue weighted by Gasteiger charge is 2.44. The monoisotopic (exact) mass is 725 g/mol. The van der Waals surface area contributed by atoms with Gasteiger partial charge in [-0.3, -0.25) is 34.3 Å². The van der Waals surface area contributed by atoms with E-state index in [0.717, 1.165) is 86.7 Å².